The highest BCUT2D eigenvalue weighted by Crippen LogP contribution is 2.44. The van der Waals surface area contributed by atoms with E-state index in [4.69, 9.17) is 0 Å². The lowest BCUT2D eigenvalue weighted by Gasteiger charge is -2.19. The first-order valence-electron chi connectivity index (χ1n) is 10.4. The molecule has 176 valence electrons. The summed E-state index contributed by atoms with van der Waals surface area (Å²) in [5.41, 5.74) is 2.77. The highest BCUT2D eigenvalue weighted by Gasteiger charge is 2.34. The summed E-state index contributed by atoms with van der Waals surface area (Å²) >= 11 is 0. The predicted octanol–water partition coefficient (Wildman–Crippen LogP) is 4.97. The second kappa shape index (κ2) is 8.01. The van der Waals surface area contributed by atoms with Crippen molar-refractivity contribution >= 4 is 15.8 Å². The lowest BCUT2D eigenvalue weighted by molar-refractivity contribution is -0.137. The van der Waals surface area contributed by atoms with Crippen LogP contribution in [0.2, 0.25) is 0 Å². The molecule has 0 unspecified atom stereocenters. The van der Waals surface area contributed by atoms with Crippen molar-refractivity contribution in [2.24, 2.45) is 7.05 Å². The van der Waals surface area contributed by atoms with Crippen molar-refractivity contribution in [1.29, 1.82) is 0 Å². The number of nitrogens with one attached hydrogen (secondary N) is 1. The van der Waals surface area contributed by atoms with Gasteiger partial charge in [-0.15, -0.1) is 0 Å². The van der Waals surface area contributed by atoms with E-state index in [1.54, 1.807) is 36.1 Å². The lowest BCUT2D eigenvalue weighted by atomic mass is 9.87. The van der Waals surface area contributed by atoms with Gasteiger partial charge in [0.05, 0.1) is 16.2 Å². The first-order valence-corrected chi connectivity index (χ1v) is 11.9. The third-order valence-corrected chi connectivity index (χ3v) is 7.38. The molecule has 34 heavy (non-hydrogen) atoms. The zero-order chi connectivity index (χ0) is 24.1. The van der Waals surface area contributed by atoms with Crippen LogP contribution in [0, 0.1) is 0 Å². The molecule has 0 amide bonds. The van der Waals surface area contributed by atoms with E-state index in [-0.39, 0.29) is 16.6 Å². The normalized spacial score (nSPS) is 15.9. The average Bonchev–Trinajstić information content (AvgIpc) is 3.53. The SMILES string of the molecule is Cn1nccc1-c1cc(C(F)(F)F)ccc1[C@@H]1CCc2cc(S(=O)(=O)Nc3ccon3)ccc21. The van der Waals surface area contributed by atoms with Gasteiger partial charge in [-0.05, 0) is 59.9 Å². The maximum atomic E-state index is 13.5. The Morgan fingerprint density at radius 1 is 1.09 bits per heavy atom. The van der Waals surface area contributed by atoms with Crippen molar-refractivity contribution < 1.29 is 26.1 Å². The molecule has 0 saturated heterocycles. The second-order valence-electron chi connectivity index (χ2n) is 8.08. The fourth-order valence-electron chi connectivity index (χ4n) is 4.44. The van der Waals surface area contributed by atoms with E-state index in [2.05, 4.69) is 19.5 Å². The maximum Gasteiger partial charge on any atom is 0.416 e. The number of aryl methyl sites for hydroxylation is 2. The minimum atomic E-state index is -4.47. The molecule has 2 aromatic heterocycles. The summed E-state index contributed by atoms with van der Waals surface area (Å²) in [4.78, 5) is 0.0779. The summed E-state index contributed by atoms with van der Waals surface area (Å²) in [5, 5.41) is 7.68. The van der Waals surface area contributed by atoms with Crippen LogP contribution in [-0.4, -0.2) is 23.4 Å². The van der Waals surface area contributed by atoms with Crippen LogP contribution in [-0.2, 0) is 29.7 Å². The number of hydrogen-bond acceptors (Lipinski definition) is 5. The number of halogens is 3. The monoisotopic (exact) mass is 488 g/mol. The molecule has 0 aliphatic heterocycles. The highest BCUT2D eigenvalue weighted by molar-refractivity contribution is 7.92. The number of alkyl halides is 3. The summed E-state index contributed by atoms with van der Waals surface area (Å²) in [7, 11) is -2.19. The molecule has 2 aromatic carbocycles. The molecule has 1 aliphatic rings. The number of benzene rings is 2. The number of hydrogen-bond donors (Lipinski definition) is 1. The van der Waals surface area contributed by atoms with Gasteiger partial charge in [-0.25, -0.2) is 8.42 Å². The van der Waals surface area contributed by atoms with Crippen molar-refractivity contribution in [3.8, 4) is 11.3 Å². The van der Waals surface area contributed by atoms with Gasteiger partial charge in [0.25, 0.3) is 10.0 Å². The maximum absolute atomic E-state index is 13.5. The van der Waals surface area contributed by atoms with Gasteiger partial charge in [-0.1, -0.05) is 17.3 Å². The van der Waals surface area contributed by atoms with Crippen LogP contribution in [0.3, 0.4) is 0 Å². The van der Waals surface area contributed by atoms with Gasteiger partial charge in [-0.2, -0.15) is 18.3 Å². The molecule has 1 aliphatic carbocycles. The van der Waals surface area contributed by atoms with E-state index in [1.807, 2.05) is 0 Å². The number of sulfonamides is 1. The predicted molar refractivity (Wildman–Crippen MR) is 118 cm³/mol. The van der Waals surface area contributed by atoms with Gasteiger partial charge in [-0.3, -0.25) is 9.40 Å². The highest BCUT2D eigenvalue weighted by atomic mass is 32.2. The van der Waals surface area contributed by atoms with Crippen molar-refractivity contribution in [2.45, 2.75) is 29.8 Å². The first kappa shape index (κ1) is 22.2. The van der Waals surface area contributed by atoms with Crippen LogP contribution in [0.15, 0.2) is 70.4 Å². The van der Waals surface area contributed by atoms with Crippen LogP contribution >= 0.6 is 0 Å². The molecule has 7 nitrogen and oxygen atoms in total. The standard InChI is InChI=1S/C23H19F3N4O3S/c1-30-21(8-10-27-30)20-13-15(23(24,25)26)3-6-19(20)18-5-2-14-12-16(4-7-17(14)18)34(31,32)29-22-9-11-33-28-22/h3-4,6-13,18H,2,5H2,1H3,(H,28,29)/t18-/m1/s1. The molecule has 1 atom stereocenters. The van der Waals surface area contributed by atoms with E-state index in [9.17, 15) is 21.6 Å². The summed E-state index contributed by atoms with van der Waals surface area (Å²) in [5.74, 6) is -0.105. The molecule has 4 aromatic rings. The zero-order valence-electron chi connectivity index (χ0n) is 17.9. The third kappa shape index (κ3) is 3.96. The Kier molecular flexibility index (Phi) is 5.23. The summed E-state index contributed by atoms with van der Waals surface area (Å²) in [6.07, 6.45) is -0.430. The number of rotatable bonds is 5. The number of nitrogens with zero attached hydrogens (tertiary/aromatic N) is 3. The first-order chi connectivity index (χ1) is 16.1. The Labute approximate surface area is 193 Å². The molecule has 0 spiro atoms. The smallest absolute Gasteiger partial charge is 0.363 e. The van der Waals surface area contributed by atoms with E-state index >= 15 is 0 Å². The Bertz CT molecular complexity index is 1460. The van der Waals surface area contributed by atoms with Crippen LogP contribution in [0.1, 0.15) is 34.6 Å². The van der Waals surface area contributed by atoms with Crippen LogP contribution < -0.4 is 4.72 Å². The third-order valence-electron chi connectivity index (χ3n) is 6.03. The van der Waals surface area contributed by atoms with Crippen molar-refractivity contribution in [3.05, 3.63) is 83.2 Å². The fraction of sp³-hybridized carbons (Fsp3) is 0.217. The van der Waals surface area contributed by atoms with Gasteiger partial charge in [0.1, 0.15) is 6.26 Å². The van der Waals surface area contributed by atoms with E-state index in [0.29, 0.717) is 24.1 Å². The zero-order valence-corrected chi connectivity index (χ0v) is 18.7. The number of aromatic nitrogens is 3. The molecule has 2 heterocycles. The van der Waals surface area contributed by atoms with Crippen molar-refractivity contribution in [2.75, 3.05) is 4.72 Å². The Morgan fingerprint density at radius 2 is 1.88 bits per heavy atom. The van der Waals surface area contributed by atoms with Gasteiger partial charge in [0.15, 0.2) is 5.82 Å². The molecule has 0 fully saturated rings. The molecule has 11 heteroatoms. The van der Waals surface area contributed by atoms with Gasteiger partial charge >= 0.3 is 6.18 Å². The van der Waals surface area contributed by atoms with E-state index in [1.165, 1.54) is 24.5 Å². The average molecular weight is 488 g/mol. The molecule has 0 bridgehead atoms. The fourth-order valence-corrected chi connectivity index (χ4v) is 5.49. The molecular weight excluding hydrogens is 469 g/mol. The molecule has 0 saturated carbocycles. The van der Waals surface area contributed by atoms with Crippen molar-refractivity contribution in [1.82, 2.24) is 14.9 Å². The minimum absolute atomic E-state index is 0.0731. The lowest BCUT2D eigenvalue weighted by Crippen LogP contribution is -2.13. The summed E-state index contributed by atoms with van der Waals surface area (Å²) in [6, 6.07) is 11.7. The topological polar surface area (TPSA) is 90.0 Å². The van der Waals surface area contributed by atoms with Crippen LogP contribution in [0.25, 0.3) is 11.3 Å². The minimum Gasteiger partial charge on any atom is -0.363 e. The second-order valence-corrected chi connectivity index (χ2v) is 9.76. The van der Waals surface area contributed by atoms with Gasteiger partial charge in [0.2, 0.25) is 0 Å². The molecule has 5 rings (SSSR count). The summed E-state index contributed by atoms with van der Waals surface area (Å²) < 4.78 is 74.4. The summed E-state index contributed by atoms with van der Waals surface area (Å²) in [6.45, 7) is 0. The van der Waals surface area contributed by atoms with Crippen molar-refractivity contribution in [3.63, 3.8) is 0 Å². The van der Waals surface area contributed by atoms with E-state index < -0.39 is 21.8 Å². The van der Waals surface area contributed by atoms with E-state index in [0.717, 1.165) is 28.8 Å². The number of anilines is 1. The van der Waals surface area contributed by atoms with Gasteiger partial charge < -0.3 is 4.52 Å². The number of fused-ring (bicyclic) bond motifs is 1. The molecular formula is C23H19F3N4O3S. The Balaban J connectivity index is 1.55. The van der Waals surface area contributed by atoms with Gasteiger partial charge in [0, 0.05) is 30.8 Å². The Morgan fingerprint density at radius 3 is 2.56 bits per heavy atom. The quantitative estimate of drug-likeness (QED) is 0.428. The largest absolute Gasteiger partial charge is 0.416 e. The van der Waals surface area contributed by atoms with Crippen LogP contribution in [0.4, 0.5) is 19.0 Å². The Hall–Kier alpha value is -3.60. The van der Waals surface area contributed by atoms with Crippen LogP contribution in [0.5, 0.6) is 0 Å². The molecule has 1 N–H and O–H groups in total. The molecule has 0 radical (unpaired) electrons.